The average molecular weight is 602 g/mol. The second-order valence-corrected chi connectivity index (χ2v) is 10.3. The van der Waals surface area contributed by atoms with E-state index in [1.807, 2.05) is 6.92 Å². The summed E-state index contributed by atoms with van der Waals surface area (Å²) in [5.74, 6) is 0.253. The summed E-state index contributed by atoms with van der Waals surface area (Å²) in [7, 11) is 0. The molecule has 12 heteroatoms. The van der Waals surface area contributed by atoms with Gasteiger partial charge >= 0.3 is 5.97 Å². The fourth-order valence-corrected chi connectivity index (χ4v) is 5.45. The van der Waals surface area contributed by atoms with E-state index in [2.05, 4.69) is 15.9 Å². The van der Waals surface area contributed by atoms with Crippen molar-refractivity contribution in [1.82, 2.24) is 9.80 Å². The second kappa shape index (κ2) is 14.0. The molecule has 0 aromatic heterocycles. The number of rotatable bonds is 11. The highest BCUT2D eigenvalue weighted by Gasteiger charge is 2.32. The molecular formula is C24H29BrN2O7S2. The Labute approximate surface area is 228 Å². The Bertz CT molecular complexity index is 1030. The zero-order chi connectivity index (χ0) is 26.1. The number of halogens is 1. The molecular weight excluding hydrogens is 572 g/mol. The lowest BCUT2D eigenvalue weighted by atomic mass is 10.1. The molecule has 0 unspecified atom stereocenters. The highest BCUT2D eigenvalue weighted by molar-refractivity contribution is 9.10. The third-order valence-corrected chi connectivity index (χ3v) is 7.24. The number of benzene rings is 1. The van der Waals surface area contributed by atoms with Crippen LogP contribution in [0.1, 0.15) is 32.3 Å². The smallest absolute Gasteiger partial charge is 0.305 e. The number of thioether (sulfide) groups is 1. The molecule has 9 nitrogen and oxygen atoms in total. The minimum atomic E-state index is -0.291. The van der Waals surface area contributed by atoms with Gasteiger partial charge in [-0.05, 0) is 60.0 Å². The van der Waals surface area contributed by atoms with E-state index in [1.54, 1.807) is 30.0 Å². The van der Waals surface area contributed by atoms with Crippen molar-refractivity contribution in [3.63, 3.8) is 0 Å². The van der Waals surface area contributed by atoms with Gasteiger partial charge in [0, 0.05) is 26.1 Å². The van der Waals surface area contributed by atoms with Crippen molar-refractivity contribution < 1.29 is 33.3 Å². The van der Waals surface area contributed by atoms with E-state index in [0.717, 1.165) is 0 Å². The molecule has 2 fully saturated rings. The number of carbonyl (C=O) groups excluding carboxylic acids is 3. The molecule has 0 bridgehead atoms. The molecule has 0 atom stereocenters. The largest absolute Gasteiger partial charge is 0.490 e. The summed E-state index contributed by atoms with van der Waals surface area (Å²) in [4.78, 5) is 40.7. The molecule has 3 rings (SSSR count). The van der Waals surface area contributed by atoms with Gasteiger partial charge in [-0.1, -0.05) is 24.0 Å². The molecule has 0 saturated carbocycles. The van der Waals surface area contributed by atoms with Gasteiger partial charge < -0.3 is 23.8 Å². The number of hydrogen-bond donors (Lipinski definition) is 0. The maximum absolute atomic E-state index is 12.9. The Morgan fingerprint density at radius 1 is 1.19 bits per heavy atom. The van der Waals surface area contributed by atoms with Crippen LogP contribution in [0.5, 0.6) is 11.5 Å². The number of hydrogen-bond acceptors (Lipinski definition) is 9. The van der Waals surface area contributed by atoms with Crippen molar-refractivity contribution in [2.45, 2.75) is 26.7 Å². The lowest BCUT2D eigenvalue weighted by Gasteiger charge is -2.27. The van der Waals surface area contributed by atoms with Crippen molar-refractivity contribution in [2.24, 2.45) is 0 Å². The number of carbonyl (C=O) groups is 3. The predicted octanol–water partition coefficient (Wildman–Crippen LogP) is 3.63. The number of esters is 1. The van der Waals surface area contributed by atoms with Gasteiger partial charge in [-0.3, -0.25) is 19.3 Å². The lowest BCUT2D eigenvalue weighted by molar-refractivity contribution is -0.143. The Kier molecular flexibility index (Phi) is 11.0. The molecule has 2 aliphatic rings. The van der Waals surface area contributed by atoms with Crippen LogP contribution in [0.2, 0.25) is 0 Å². The van der Waals surface area contributed by atoms with E-state index in [1.165, 1.54) is 16.7 Å². The summed E-state index contributed by atoms with van der Waals surface area (Å²) in [6.07, 6.45) is 2.43. The number of amides is 2. The zero-order valence-corrected chi connectivity index (χ0v) is 23.5. The highest BCUT2D eigenvalue weighted by atomic mass is 79.9. The van der Waals surface area contributed by atoms with Gasteiger partial charge in [0.1, 0.15) is 4.32 Å². The first-order valence-electron chi connectivity index (χ1n) is 11.7. The van der Waals surface area contributed by atoms with Crippen molar-refractivity contribution in [3.8, 4) is 11.5 Å². The van der Waals surface area contributed by atoms with Crippen molar-refractivity contribution in [3.05, 3.63) is 27.1 Å². The van der Waals surface area contributed by atoms with Gasteiger partial charge in [-0.2, -0.15) is 0 Å². The van der Waals surface area contributed by atoms with E-state index in [9.17, 15) is 14.4 Å². The van der Waals surface area contributed by atoms with E-state index >= 15 is 0 Å². The van der Waals surface area contributed by atoms with Gasteiger partial charge in [0.25, 0.3) is 11.8 Å². The lowest BCUT2D eigenvalue weighted by Crippen LogP contribution is -2.43. The first kappa shape index (κ1) is 28.4. The van der Waals surface area contributed by atoms with Crippen LogP contribution in [0.3, 0.4) is 0 Å². The minimum Gasteiger partial charge on any atom is -0.490 e. The van der Waals surface area contributed by atoms with Crippen LogP contribution >= 0.6 is 39.9 Å². The maximum Gasteiger partial charge on any atom is 0.305 e. The summed E-state index contributed by atoms with van der Waals surface area (Å²) in [5, 5.41) is 0. The minimum absolute atomic E-state index is 0.122. The summed E-state index contributed by atoms with van der Waals surface area (Å²) >= 11 is 10.1. The normalized spacial score (nSPS) is 17.0. The predicted molar refractivity (Wildman–Crippen MR) is 144 cm³/mol. The van der Waals surface area contributed by atoms with E-state index in [-0.39, 0.29) is 30.8 Å². The first-order valence-corrected chi connectivity index (χ1v) is 13.7. The molecule has 196 valence electrons. The fraction of sp³-hybridized carbons (Fsp3) is 0.500. The fourth-order valence-electron chi connectivity index (χ4n) is 3.57. The molecule has 0 radical (unpaired) electrons. The van der Waals surface area contributed by atoms with E-state index in [4.69, 9.17) is 31.2 Å². The average Bonchev–Trinajstić information content (AvgIpc) is 3.11. The molecule has 0 aliphatic carbocycles. The van der Waals surface area contributed by atoms with Gasteiger partial charge in [-0.15, -0.1) is 0 Å². The Morgan fingerprint density at radius 2 is 1.94 bits per heavy atom. The summed E-state index contributed by atoms with van der Waals surface area (Å²) in [6.45, 7) is 6.68. The SMILES string of the molecule is CCOC(=O)CCCN1C(=O)/C(=C\c2cc(Br)c(OCC(=O)N3CCOCC3)c(OCC)c2)SC1=S. The van der Waals surface area contributed by atoms with Crippen LogP contribution in [0, 0.1) is 0 Å². The molecule has 2 saturated heterocycles. The van der Waals surface area contributed by atoms with E-state index < -0.39 is 0 Å². The molecule has 2 aliphatic heterocycles. The second-order valence-electron chi connectivity index (χ2n) is 7.79. The van der Waals surface area contributed by atoms with Crippen LogP contribution in [-0.2, 0) is 23.9 Å². The standard InChI is InChI=1S/C24H29BrN2O7S2/c1-3-32-18-13-16(12-17(25)22(18)34-15-20(28)26-8-10-31-11-9-26)14-19-23(30)27(24(35)36-19)7-5-6-21(29)33-4-2/h12-14H,3-11,15H2,1-2H3/b19-14+. The number of nitrogens with zero attached hydrogens (tertiary/aromatic N) is 2. The van der Waals surface area contributed by atoms with Crippen LogP contribution in [0.4, 0.5) is 0 Å². The molecule has 2 amide bonds. The number of thiocarbonyl (C=S) groups is 1. The Hall–Kier alpha value is -2.15. The van der Waals surface area contributed by atoms with Crippen molar-refractivity contribution in [1.29, 1.82) is 0 Å². The molecule has 36 heavy (non-hydrogen) atoms. The molecule has 0 N–H and O–H groups in total. The van der Waals surface area contributed by atoms with Crippen LogP contribution < -0.4 is 9.47 Å². The molecule has 1 aromatic rings. The molecule has 2 heterocycles. The van der Waals surface area contributed by atoms with Gasteiger partial charge in [0.15, 0.2) is 18.1 Å². The molecule has 0 spiro atoms. The maximum atomic E-state index is 12.9. The van der Waals surface area contributed by atoms with Crippen LogP contribution in [0.25, 0.3) is 6.08 Å². The number of ether oxygens (including phenoxy) is 4. The van der Waals surface area contributed by atoms with Crippen LogP contribution in [-0.4, -0.2) is 84.6 Å². The zero-order valence-electron chi connectivity index (χ0n) is 20.2. The van der Waals surface area contributed by atoms with Crippen LogP contribution in [0.15, 0.2) is 21.5 Å². The van der Waals surface area contributed by atoms with Crippen molar-refractivity contribution >= 4 is 68.1 Å². The quantitative estimate of drug-likeness (QED) is 0.214. The summed E-state index contributed by atoms with van der Waals surface area (Å²) in [5.41, 5.74) is 0.712. The monoisotopic (exact) mass is 600 g/mol. The first-order chi connectivity index (χ1) is 17.3. The van der Waals surface area contributed by atoms with Crippen molar-refractivity contribution in [2.75, 3.05) is 52.7 Å². The Morgan fingerprint density at radius 3 is 2.64 bits per heavy atom. The molecule has 1 aromatic carbocycles. The number of morpholine rings is 1. The third-order valence-electron chi connectivity index (χ3n) is 5.27. The van der Waals surface area contributed by atoms with E-state index in [0.29, 0.717) is 83.2 Å². The summed E-state index contributed by atoms with van der Waals surface area (Å²) < 4.78 is 22.9. The highest BCUT2D eigenvalue weighted by Crippen LogP contribution is 2.39. The third kappa shape index (κ3) is 7.67. The van der Waals surface area contributed by atoms with Gasteiger partial charge in [0.05, 0.1) is 35.8 Å². The Balaban J connectivity index is 1.69. The van der Waals surface area contributed by atoms with Gasteiger partial charge in [-0.25, -0.2) is 0 Å². The summed E-state index contributed by atoms with van der Waals surface area (Å²) in [6, 6.07) is 3.56. The topological polar surface area (TPSA) is 94.6 Å². The van der Waals surface area contributed by atoms with Gasteiger partial charge in [0.2, 0.25) is 0 Å².